The maximum Gasteiger partial charge on any atom is 0.117 e. The highest BCUT2D eigenvalue weighted by molar-refractivity contribution is 7.10. The molecule has 5 heteroatoms. The summed E-state index contributed by atoms with van der Waals surface area (Å²) in [6.07, 6.45) is -1.91. The van der Waals surface area contributed by atoms with E-state index in [4.69, 9.17) is 17.3 Å². The van der Waals surface area contributed by atoms with Gasteiger partial charge in [0, 0.05) is 6.54 Å². The SMILES string of the molecule is NCC(O)C(O)c1sccc1Cl. The molecule has 0 aliphatic rings. The molecule has 4 N–H and O–H groups in total. The van der Waals surface area contributed by atoms with Gasteiger partial charge in [0.25, 0.3) is 0 Å². The summed E-state index contributed by atoms with van der Waals surface area (Å²) < 4.78 is 0. The number of aliphatic hydroxyl groups is 2. The van der Waals surface area contributed by atoms with Crippen molar-refractivity contribution in [2.24, 2.45) is 5.73 Å². The van der Waals surface area contributed by atoms with Gasteiger partial charge in [0.15, 0.2) is 0 Å². The first-order valence-corrected chi connectivity index (χ1v) is 4.71. The van der Waals surface area contributed by atoms with Gasteiger partial charge < -0.3 is 15.9 Å². The fraction of sp³-hybridized carbons (Fsp3) is 0.429. The minimum atomic E-state index is -0.970. The molecule has 3 nitrogen and oxygen atoms in total. The van der Waals surface area contributed by atoms with E-state index in [1.54, 1.807) is 11.4 Å². The average Bonchev–Trinajstić information content (AvgIpc) is 2.48. The lowest BCUT2D eigenvalue weighted by Gasteiger charge is -2.14. The Morgan fingerprint density at radius 3 is 2.67 bits per heavy atom. The molecule has 0 saturated heterocycles. The molecule has 12 heavy (non-hydrogen) atoms. The number of halogens is 1. The van der Waals surface area contributed by atoms with Crippen molar-refractivity contribution in [1.82, 2.24) is 0 Å². The standard InChI is InChI=1S/C7H10ClNO2S/c8-4-1-2-12-7(4)6(11)5(10)3-9/h1-2,5-6,10-11H,3,9H2. The van der Waals surface area contributed by atoms with Crippen LogP contribution in [0.2, 0.25) is 5.02 Å². The van der Waals surface area contributed by atoms with Crippen LogP contribution in [0.1, 0.15) is 11.0 Å². The first-order valence-electron chi connectivity index (χ1n) is 3.46. The predicted molar refractivity (Wildman–Crippen MR) is 49.4 cm³/mol. The molecule has 0 aliphatic heterocycles. The predicted octanol–water partition coefficient (Wildman–Crippen LogP) is 0.755. The molecule has 2 unspecified atom stereocenters. The van der Waals surface area contributed by atoms with E-state index in [9.17, 15) is 10.2 Å². The van der Waals surface area contributed by atoms with Crippen LogP contribution < -0.4 is 5.73 Å². The van der Waals surface area contributed by atoms with Crippen molar-refractivity contribution in [2.45, 2.75) is 12.2 Å². The molecule has 1 aromatic heterocycles. The molecule has 0 aliphatic carbocycles. The van der Waals surface area contributed by atoms with Crippen molar-refractivity contribution < 1.29 is 10.2 Å². The quantitative estimate of drug-likeness (QED) is 0.686. The van der Waals surface area contributed by atoms with E-state index in [0.29, 0.717) is 9.90 Å². The molecule has 0 fully saturated rings. The van der Waals surface area contributed by atoms with Crippen LogP contribution in [0.3, 0.4) is 0 Å². The zero-order chi connectivity index (χ0) is 9.14. The molecule has 1 rings (SSSR count). The van der Waals surface area contributed by atoms with E-state index in [1.807, 2.05) is 0 Å². The third-order valence-electron chi connectivity index (χ3n) is 1.52. The van der Waals surface area contributed by atoms with Crippen LogP contribution in [0.25, 0.3) is 0 Å². The second kappa shape index (κ2) is 4.20. The Balaban J connectivity index is 2.77. The van der Waals surface area contributed by atoms with Gasteiger partial charge in [0.05, 0.1) is 16.0 Å². The van der Waals surface area contributed by atoms with E-state index < -0.39 is 12.2 Å². The van der Waals surface area contributed by atoms with Gasteiger partial charge in [-0.05, 0) is 11.4 Å². The number of rotatable bonds is 3. The number of aliphatic hydroxyl groups excluding tert-OH is 2. The summed E-state index contributed by atoms with van der Waals surface area (Å²) in [5.74, 6) is 0. The Kier molecular flexibility index (Phi) is 3.49. The van der Waals surface area contributed by atoms with Gasteiger partial charge in [-0.1, -0.05) is 11.6 Å². The van der Waals surface area contributed by atoms with Gasteiger partial charge in [0.1, 0.15) is 6.10 Å². The minimum Gasteiger partial charge on any atom is -0.389 e. The third kappa shape index (κ3) is 1.97. The topological polar surface area (TPSA) is 66.5 Å². The zero-order valence-corrected chi connectivity index (χ0v) is 7.85. The fourth-order valence-corrected chi connectivity index (χ4v) is 2.03. The molecular weight excluding hydrogens is 198 g/mol. The molecule has 1 aromatic rings. The molecule has 0 radical (unpaired) electrons. The van der Waals surface area contributed by atoms with E-state index in [0.717, 1.165) is 0 Å². The molecule has 2 atom stereocenters. The molecular formula is C7H10ClNO2S. The Labute approximate surface area is 79.4 Å². The maximum atomic E-state index is 9.45. The smallest absolute Gasteiger partial charge is 0.117 e. The Morgan fingerprint density at radius 1 is 1.58 bits per heavy atom. The molecule has 68 valence electrons. The van der Waals surface area contributed by atoms with Crippen LogP contribution in [0.5, 0.6) is 0 Å². The number of hydrogen-bond acceptors (Lipinski definition) is 4. The molecule has 0 spiro atoms. The fourth-order valence-electron chi connectivity index (χ4n) is 0.820. The number of hydrogen-bond donors (Lipinski definition) is 3. The average molecular weight is 208 g/mol. The van der Waals surface area contributed by atoms with E-state index in [-0.39, 0.29) is 6.54 Å². The van der Waals surface area contributed by atoms with Crippen molar-refractivity contribution in [3.63, 3.8) is 0 Å². The highest BCUT2D eigenvalue weighted by Crippen LogP contribution is 2.30. The van der Waals surface area contributed by atoms with Crippen LogP contribution in [-0.2, 0) is 0 Å². The highest BCUT2D eigenvalue weighted by atomic mass is 35.5. The molecule has 1 heterocycles. The maximum absolute atomic E-state index is 9.45. The number of thiophene rings is 1. The van der Waals surface area contributed by atoms with Gasteiger partial charge in [-0.2, -0.15) is 0 Å². The summed E-state index contributed by atoms with van der Waals surface area (Å²) in [5.41, 5.74) is 5.18. The molecule has 0 amide bonds. The molecule has 0 saturated carbocycles. The van der Waals surface area contributed by atoms with E-state index in [1.165, 1.54) is 11.3 Å². The van der Waals surface area contributed by atoms with Crippen molar-refractivity contribution in [3.8, 4) is 0 Å². The van der Waals surface area contributed by atoms with Gasteiger partial charge in [-0.25, -0.2) is 0 Å². The summed E-state index contributed by atoms with van der Waals surface area (Å²) in [7, 11) is 0. The largest absolute Gasteiger partial charge is 0.389 e. The van der Waals surface area contributed by atoms with Gasteiger partial charge in [-0.3, -0.25) is 0 Å². The van der Waals surface area contributed by atoms with E-state index >= 15 is 0 Å². The van der Waals surface area contributed by atoms with Crippen molar-refractivity contribution in [3.05, 3.63) is 21.3 Å². The van der Waals surface area contributed by atoms with Crippen molar-refractivity contribution in [1.29, 1.82) is 0 Å². The first-order chi connectivity index (χ1) is 5.66. The van der Waals surface area contributed by atoms with Gasteiger partial charge >= 0.3 is 0 Å². The monoisotopic (exact) mass is 207 g/mol. The second-order valence-corrected chi connectivity index (χ2v) is 3.74. The summed E-state index contributed by atoms with van der Waals surface area (Å²) in [6.45, 7) is 0.0232. The van der Waals surface area contributed by atoms with Gasteiger partial charge in [-0.15, -0.1) is 11.3 Å². The minimum absolute atomic E-state index is 0.0232. The van der Waals surface area contributed by atoms with Gasteiger partial charge in [0.2, 0.25) is 0 Å². The van der Waals surface area contributed by atoms with Crippen LogP contribution in [0.15, 0.2) is 11.4 Å². The molecule has 0 aromatic carbocycles. The van der Waals surface area contributed by atoms with Crippen LogP contribution in [-0.4, -0.2) is 22.9 Å². The van der Waals surface area contributed by atoms with Crippen LogP contribution in [0.4, 0.5) is 0 Å². The summed E-state index contributed by atoms with van der Waals surface area (Å²) in [4.78, 5) is 0.564. The Hall–Kier alpha value is -0.130. The summed E-state index contributed by atoms with van der Waals surface area (Å²) >= 11 is 7.04. The Bertz CT molecular complexity index is 253. The lowest BCUT2D eigenvalue weighted by molar-refractivity contribution is 0.0266. The number of nitrogens with two attached hydrogens (primary N) is 1. The first kappa shape index (κ1) is 9.95. The van der Waals surface area contributed by atoms with Crippen molar-refractivity contribution >= 4 is 22.9 Å². The van der Waals surface area contributed by atoms with E-state index in [2.05, 4.69) is 0 Å². The second-order valence-electron chi connectivity index (χ2n) is 2.38. The third-order valence-corrected chi connectivity index (χ3v) is 2.95. The van der Waals surface area contributed by atoms with Crippen molar-refractivity contribution in [2.75, 3.05) is 6.54 Å². The summed E-state index contributed by atoms with van der Waals surface area (Å²) in [6, 6.07) is 1.67. The molecule has 0 bridgehead atoms. The Morgan fingerprint density at radius 2 is 2.25 bits per heavy atom. The van der Waals surface area contributed by atoms with Crippen LogP contribution in [0, 0.1) is 0 Å². The normalized spacial score (nSPS) is 16.0. The lowest BCUT2D eigenvalue weighted by Crippen LogP contribution is -2.26. The highest BCUT2D eigenvalue weighted by Gasteiger charge is 2.20. The zero-order valence-electron chi connectivity index (χ0n) is 6.27. The lowest BCUT2D eigenvalue weighted by atomic mass is 10.2. The van der Waals surface area contributed by atoms with Crippen LogP contribution >= 0.6 is 22.9 Å². The summed E-state index contributed by atoms with van der Waals surface area (Å²) in [5, 5.41) is 20.9.